The summed E-state index contributed by atoms with van der Waals surface area (Å²) < 4.78 is 60.5. The van der Waals surface area contributed by atoms with Crippen molar-refractivity contribution < 1.29 is 22.5 Å². The fraction of sp³-hybridized carbons (Fsp3) is 0.150. The molecule has 0 saturated heterocycles. The van der Waals surface area contributed by atoms with Crippen LogP contribution in [0.3, 0.4) is 0 Å². The number of thioether (sulfide) groups is 1. The number of allylic oxidation sites excluding steroid dienone is 2. The van der Waals surface area contributed by atoms with Crippen LogP contribution < -0.4 is 0 Å². The summed E-state index contributed by atoms with van der Waals surface area (Å²) in [6.45, 7) is 1.51. The maximum Gasteiger partial charge on any atom is 0.307 e. The molecule has 0 bridgehead atoms. The van der Waals surface area contributed by atoms with Crippen molar-refractivity contribution in [2.24, 2.45) is 0 Å². The third-order valence-electron chi connectivity index (χ3n) is 3.74. The summed E-state index contributed by atoms with van der Waals surface area (Å²) in [7, 11) is 0. The van der Waals surface area contributed by atoms with E-state index in [9.17, 15) is 14.3 Å². The van der Waals surface area contributed by atoms with E-state index in [1.54, 1.807) is 24.3 Å². The minimum Gasteiger partial charge on any atom is -0.481 e. The zero-order valence-electron chi connectivity index (χ0n) is 18.7. The molecule has 3 rings (SSSR count). The maximum atomic E-state index is 13.9. The van der Waals surface area contributed by atoms with Crippen LogP contribution in [0.4, 0.5) is 4.39 Å². The molecule has 0 radical (unpaired) electrons. The third-order valence-corrected chi connectivity index (χ3v) is 4.25. The van der Waals surface area contributed by atoms with Gasteiger partial charge in [-0.25, -0.2) is 4.39 Å². The molecule has 122 valence electrons. The Kier molecular flexibility index (Phi) is 2.92. The minimum atomic E-state index is -2.77. The molecule has 0 aliphatic heterocycles. The zero-order chi connectivity index (χ0) is 22.4. The number of halogens is 1. The van der Waals surface area contributed by atoms with Crippen molar-refractivity contribution in [2.75, 3.05) is 6.18 Å². The smallest absolute Gasteiger partial charge is 0.307 e. The molecule has 2 aromatic carbocycles. The summed E-state index contributed by atoms with van der Waals surface area (Å²) in [5.41, 5.74) is 1.29. The van der Waals surface area contributed by atoms with Crippen LogP contribution in [0.25, 0.3) is 17.2 Å². The average Bonchev–Trinajstić information content (AvgIpc) is 2.91. The standard InChI is InChI=1S/C20H17FO2S/c1-12-17(9-13-3-6-15(24-2)7-4-13)16-8-5-14(21)10-19(16)18(12)11-20(22)23/h3-10H,11H2,1-2H3,(H,22,23)/b17-9-/i2D3,9D,11D2. The fourth-order valence-corrected chi connectivity index (χ4v) is 2.92. The predicted octanol–water partition coefficient (Wildman–Crippen LogP) is 5.35. The monoisotopic (exact) mass is 346 g/mol. The zero-order valence-corrected chi connectivity index (χ0v) is 13.5. The van der Waals surface area contributed by atoms with Gasteiger partial charge in [-0.3, -0.25) is 4.79 Å². The largest absolute Gasteiger partial charge is 0.481 e. The Morgan fingerprint density at radius 3 is 2.75 bits per heavy atom. The Morgan fingerprint density at radius 2 is 2.08 bits per heavy atom. The van der Waals surface area contributed by atoms with Crippen LogP contribution in [0.15, 0.2) is 52.9 Å². The van der Waals surface area contributed by atoms with E-state index in [-0.39, 0.29) is 22.8 Å². The molecule has 0 heterocycles. The lowest BCUT2D eigenvalue weighted by molar-refractivity contribution is -0.135. The highest BCUT2D eigenvalue weighted by atomic mass is 32.2. The molecular weight excluding hydrogens is 323 g/mol. The summed E-state index contributed by atoms with van der Waals surface area (Å²) in [5, 5.41) is 9.37. The number of benzene rings is 2. The first-order valence-electron chi connectivity index (χ1n) is 10.1. The van der Waals surface area contributed by atoms with Crippen LogP contribution >= 0.6 is 11.8 Å². The lowest BCUT2D eigenvalue weighted by Crippen LogP contribution is -1.97. The Labute approximate surface area is 153 Å². The fourth-order valence-electron chi connectivity index (χ4n) is 2.65. The second kappa shape index (κ2) is 6.65. The number of aliphatic carboxylic acids is 1. The van der Waals surface area contributed by atoms with E-state index < -0.39 is 24.3 Å². The summed E-state index contributed by atoms with van der Waals surface area (Å²) >= 11 is 0.708. The number of fused-ring (bicyclic) bond motifs is 1. The van der Waals surface area contributed by atoms with Gasteiger partial charge in [0.15, 0.2) is 0 Å². The number of carboxylic acid groups (broad SMARTS) is 1. The molecule has 0 amide bonds. The highest BCUT2D eigenvalue weighted by Gasteiger charge is 2.25. The molecule has 24 heavy (non-hydrogen) atoms. The molecule has 4 heteroatoms. The maximum absolute atomic E-state index is 13.9. The lowest BCUT2D eigenvalue weighted by Gasteiger charge is -2.05. The van der Waals surface area contributed by atoms with Gasteiger partial charge in [0, 0.05) is 11.7 Å². The van der Waals surface area contributed by atoms with Gasteiger partial charge < -0.3 is 5.11 Å². The quantitative estimate of drug-likeness (QED) is 0.758. The third kappa shape index (κ3) is 3.15. The topological polar surface area (TPSA) is 37.3 Å². The highest BCUT2D eigenvalue weighted by molar-refractivity contribution is 7.98. The van der Waals surface area contributed by atoms with E-state index in [4.69, 9.17) is 8.22 Å². The van der Waals surface area contributed by atoms with E-state index in [2.05, 4.69) is 0 Å². The molecule has 2 aromatic rings. The van der Waals surface area contributed by atoms with Crippen molar-refractivity contribution in [3.05, 3.63) is 70.5 Å². The van der Waals surface area contributed by atoms with Gasteiger partial charge in [0.2, 0.25) is 0 Å². The lowest BCUT2D eigenvalue weighted by atomic mass is 10.0. The number of rotatable bonds is 4. The molecule has 0 fully saturated rings. The van der Waals surface area contributed by atoms with Crippen LogP contribution in [0.5, 0.6) is 0 Å². The molecule has 1 aliphatic rings. The van der Waals surface area contributed by atoms with Crippen LogP contribution in [0.1, 0.15) is 38.2 Å². The van der Waals surface area contributed by atoms with Gasteiger partial charge in [0.25, 0.3) is 0 Å². The Balaban J connectivity index is 2.18. The van der Waals surface area contributed by atoms with Crippen molar-refractivity contribution in [1.29, 1.82) is 0 Å². The van der Waals surface area contributed by atoms with Gasteiger partial charge in [0.1, 0.15) is 5.82 Å². The normalized spacial score (nSPS) is 20.2. The van der Waals surface area contributed by atoms with Crippen molar-refractivity contribution in [3.63, 3.8) is 0 Å². The van der Waals surface area contributed by atoms with E-state index in [1.807, 2.05) is 0 Å². The van der Waals surface area contributed by atoms with Gasteiger partial charge in [-0.15, -0.1) is 11.8 Å². The van der Waals surface area contributed by atoms with Crippen molar-refractivity contribution in [1.82, 2.24) is 0 Å². The van der Waals surface area contributed by atoms with E-state index in [1.165, 1.54) is 19.1 Å². The number of carboxylic acids is 1. The molecule has 0 saturated carbocycles. The highest BCUT2D eigenvalue weighted by Crippen LogP contribution is 2.43. The van der Waals surface area contributed by atoms with E-state index in [0.29, 0.717) is 33.4 Å². The van der Waals surface area contributed by atoms with Crippen LogP contribution in [-0.2, 0) is 4.79 Å². The molecule has 2 nitrogen and oxygen atoms in total. The summed E-state index contributed by atoms with van der Waals surface area (Å²) in [6.07, 6.45) is -4.97. The Bertz CT molecular complexity index is 1090. The van der Waals surface area contributed by atoms with E-state index in [0.717, 1.165) is 6.07 Å². The van der Waals surface area contributed by atoms with Gasteiger partial charge in [-0.05, 0) is 76.8 Å². The van der Waals surface area contributed by atoms with Crippen LogP contribution in [0.2, 0.25) is 0 Å². The molecule has 0 unspecified atom stereocenters. The number of hydrogen-bond donors (Lipinski definition) is 1. The average molecular weight is 346 g/mol. The molecule has 0 spiro atoms. The van der Waals surface area contributed by atoms with Gasteiger partial charge in [0.05, 0.1) is 7.74 Å². The minimum absolute atomic E-state index is 0.00183. The second-order valence-electron chi connectivity index (χ2n) is 5.25. The van der Waals surface area contributed by atoms with Crippen molar-refractivity contribution in [2.45, 2.75) is 18.2 Å². The SMILES string of the molecule is [2H]/C(=C1\C(C)=C(C([2H])([2H])C(=O)O)c2cc(F)ccc21)c1ccc(SC([2H])([2H])[2H])cc1. The summed E-state index contributed by atoms with van der Waals surface area (Å²) in [4.78, 5) is 12.0. The Hall–Kier alpha value is -2.33. The van der Waals surface area contributed by atoms with Crippen molar-refractivity contribution >= 4 is 34.9 Å². The van der Waals surface area contributed by atoms with E-state index >= 15 is 0 Å². The molecule has 0 aromatic heterocycles. The van der Waals surface area contributed by atoms with Crippen LogP contribution in [0, 0.1) is 5.82 Å². The van der Waals surface area contributed by atoms with Gasteiger partial charge >= 0.3 is 5.97 Å². The summed E-state index contributed by atoms with van der Waals surface area (Å²) in [5.74, 6) is -2.34. The molecule has 0 atom stereocenters. The predicted molar refractivity (Wildman–Crippen MR) is 97.3 cm³/mol. The Morgan fingerprint density at radius 1 is 1.33 bits per heavy atom. The molecule has 1 aliphatic carbocycles. The summed E-state index contributed by atoms with van der Waals surface area (Å²) in [6, 6.07) is 9.94. The first kappa shape index (κ1) is 10.5. The molecule has 1 N–H and O–H groups in total. The van der Waals surface area contributed by atoms with Gasteiger partial charge in [-0.1, -0.05) is 18.2 Å². The first-order chi connectivity index (χ1) is 13.8. The van der Waals surface area contributed by atoms with Crippen molar-refractivity contribution in [3.8, 4) is 0 Å². The van der Waals surface area contributed by atoms with Crippen LogP contribution in [-0.4, -0.2) is 17.3 Å². The second-order valence-corrected chi connectivity index (χ2v) is 5.92. The first-order valence-corrected chi connectivity index (χ1v) is 7.90. The number of hydrogen-bond acceptors (Lipinski definition) is 2. The number of carbonyl (C=O) groups is 1. The van der Waals surface area contributed by atoms with Gasteiger partial charge in [-0.2, -0.15) is 0 Å². The molecular formula is C20H17FO2S.